The summed E-state index contributed by atoms with van der Waals surface area (Å²) in [5.41, 5.74) is 0. The molecule has 2 N–H and O–H groups in total. The first-order valence-corrected chi connectivity index (χ1v) is 8.01. The van der Waals surface area contributed by atoms with Crippen LogP contribution in [0.1, 0.15) is 44.9 Å². The van der Waals surface area contributed by atoms with Gasteiger partial charge in [0.15, 0.2) is 0 Å². The number of piperidine rings is 2. The molecule has 6 nitrogen and oxygen atoms in total. The number of amides is 2. The zero-order valence-corrected chi connectivity index (χ0v) is 12.3. The number of fused-ring (bicyclic) bond motifs is 2. The Kier molecular flexibility index (Phi) is 4.06. The van der Waals surface area contributed by atoms with Crippen molar-refractivity contribution in [2.75, 3.05) is 13.1 Å². The van der Waals surface area contributed by atoms with E-state index in [0.29, 0.717) is 19.4 Å². The van der Waals surface area contributed by atoms with Crippen molar-refractivity contribution in [3.05, 3.63) is 0 Å². The van der Waals surface area contributed by atoms with Crippen LogP contribution >= 0.6 is 0 Å². The van der Waals surface area contributed by atoms with Gasteiger partial charge in [-0.15, -0.1) is 0 Å². The van der Waals surface area contributed by atoms with Gasteiger partial charge < -0.3 is 20.0 Å². The molecule has 3 saturated heterocycles. The maximum absolute atomic E-state index is 12.8. The number of carboxylic acids is 1. The minimum Gasteiger partial charge on any atom is -0.481 e. The number of carbonyl (C=O) groups excluding carboxylic acids is 1. The molecular formula is C15H24N2O4. The third-order valence-electron chi connectivity index (χ3n) is 5.18. The zero-order valence-electron chi connectivity index (χ0n) is 12.3. The van der Waals surface area contributed by atoms with E-state index in [1.54, 1.807) is 0 Å². The van der Waals surface area contributed by atoms with Crippen LogP contribution < -0.4 is 0 Å². The Balaban J connectivity index is 1.64. The summed E-state index contributed by atoms with van der Waals surface area (Å²) >= 11 is 0. The van der Waals surface area contributed by atoms with E-state index in [1.807, 2.05) is 9.80 Å². The van der Waals surface area contributed by atoms with Crippen LogP contribution in [-0.2, 0) is 4.79 Å². The molecule has 0 spiro atoms. The maximum atomic E-state index is 12.8. The molecule has 0 saturated carbocycles. The highest BCUT2D eigenvalue weighted by Crippen LogP contribution is 2.37. The zero-order chi connectivity index (χ0) is 15.0. The Bertz CT molecular complexity index is 414. The van der Waals surface area contributed by atoms with E-state index in [0.717, 1.165) is 32.2 Å². The fourth-order valence-corrected chi connectivity index (χ4v) is 4.28. The van der Waals surface area contributed by atoms with Gasteiger partial charge in [-0.3, -0.25) is 4.79 Å². The molecule has 0 radical (unpaired) electrons. The summed E-state index contributed by atoms with van der Waals surface area (Å²) in [6.07, 6.45) is 5.00. The van der Waals surface area contributed by atoms with Crippen LogP contribution in [0.3, 0.4) is 0 Å². The number of aliphatic carboxylic acids is 1. The molecule has 3 atom stereocenters. The molecule has 2 bridgehead atoms. The third kappa shape index (κ3) is 3.00. The van der Waals surface area contributed by atoms with E-state index < -0.39 is 5.97 Å². The van der Waals surface area contributed by atoms with Crippen molar-refractivity contribution in [3.63, 3.8) is 0 Å². The average molecular weight is 296 g/mol. The first kappa shape index (κ1) is 14.6. The first-order valence-electron chi connectivity index (χ1n) is 8.01. The Labute approximate surface area is 124 Å². The highest BCUT2D eigenvalue weighted by molar-refractivity contribution is 5.76. The number of likely N-dealkylation sites (tertiary alicyclic amines) is 1. The minimum atomic E-state index is -0.782. The van der Waals surface area contributed by atoms with Gasteiger partial charge in [0, 0.05) is 31.6 Å². The number of hydrogen-bond acceptors (Lipinski definition) is 3. The molecule has 3 aliphatic rings. The van der Waals surface area contributed by atoms with Gasteiger partial charge in [-0.2, -0.15) is 0 Å². The van der Waals surface area contributed by atoms with Crippen molar-refractivity contribution in [2.24, 2.45) is 5.92 Å². The molecule has 6 heteroatoms. The van der Waals surface area contributed by atoms with Gasteiger partial charge in [0.1, 0.15) is 0 Å². The van der Waals surface area contributed by atoms with Crippen LogP contribution in [0.15, 0.2) is 0 Å². The SMILES string of the molecule is O=C(O)CC1CCCN(C(=O)N2C3CCC2CC(O)C3)C1. The summed E-state index contributed by atoms with van der Waals surface area (Å²) in [6, 6.07) is 0.404. The van der Waals surface area contributed by atoms with Crippen LogP contribution in [0, 0.1) is 5.92 Å². The molecule has 0 aromatic carbocycles. The van der Waals surface area contributed by atoms with Crippen molar-refractivity contribution in [3.8, 4) is 0 Å². The number of nitrogens with zero attached hydrogens (tertiary/aromatic N) is 2. The van der Waals surface area contributed by atoms with Crippen molar-refractivity contribution in [1.82, 2.24) is 9.80 Å². The molecule has 0 aromatic rings. The lowest BCUT2D eigenvalue weighted by Crippen LogP contribution is -2.55. The summed E-state index contributed by atoms with van der Waals surface area (Å²) in [5.74, 6) is -0.705. The predicted molar refractivity (Wildman–Crippen MR) is 75.8 cm³/mol. The lowest BCUT2D eigenvalue weighted by molar-refractivity contribution is -0.138. The van der Waals surface area contributed by atoms with Gasteiger partial charge in [-0.1, -0.05) is 0 Å². The molecule has 3 heterocycles. The summed E-state index contributed by atoms with van der Waals surface area (Å²) in [6.45, 7) is 1.29. The molecule has 3 rings (SSSR count). The second-order valence-corrected chi connectivity index (χ2v) is 6.75. The molecule has 0 aromatic heterocycles. The smallest absolute Gasteiger partial charge is 0.320 e. The van der Waals surface area contributed by atoms with E-state index in [4.69, 9.17) is 5.11 Å². The van der Waals surface area contributed by atoms with Gasteiger partial charge in [0.2, 0.25) is 0 Å². The second-order valence-electron chi connectivity index (χ2n) is 6.75. The van der Waals surface area contributed by atoms with Crippen molar-refractivity contribution in [1.29, 1.82) is 0 Å². The van der Waals surface area contributed by atoms with Crippen molar-refractivity contribution >= 4 is 12.0 Å². The van der Waals surface area contributed by atoms with Crippen molar-refractivity contribution < 1.29 is 19.8 Å². The molecule has 3 unspecified atom stereocenters. The average Bonchev–Trinajstić information content (AvgIpc) is 2.69. The topological polar surface area (TPSA) is 81.1 Å². The summed E-state index contributed by atoms with van der Waals surface area (Å²) in [7, 11) is 0. The van der Waals surface area contributed by atoms with Gasteiger partial charge in [0.05, 0.1) is 6.10 Å². The molecule has 118 valence electrons. The Hall–Kier alpha value is -1.30. The number of aliphatic hydroxyl groups is 1. The fraction of sp³-hybridized carbons (Fsp3) is 0.867. The second kappa shape index (κ2) is 5.83. The Morgan fingerprint density at radius 2 is 1.76 bits per heavy atom. The highest BCUT2D eigenvalue weighted by Gasteiger charge is 2.44. The molecule has 3 aliphatic heterocycles. The number of hydrogen-bond donors (Lipinski definition) is 2. The number of rotatable bonds is 2. The van der Waals surface area contributed by atoms with Gasteiger partial charge >= 0.3 is 12.0 Å². The van der Waals surface area contributed by atoms with Crippen LogP contribution in [0.25, 0.3) is 0 Å². The van der Waals surface area contributed by atoms with Gasteiger partial charge in [-0.25, -0.2) is 4.79 Å². The standard InChI is InChI=1S/C15H24N2O4/c18-13-7-11-3-4-12(8-13)17(11)15(21)16-5-1-2-10(9-16)6-14(19)20/h10-13,18H,1-9H2,(H,19,20). The number of carbonyl (C=O) groups is 2. The van der Waals surface area contributed by atoms with Crippen molar-refractivity contribution in [2.45, 2.75) is 63.1 Å². The quantitative estimate of drug-likeness (QED) is 0.804. The van der Waals surface area contributed by atoms with E-state index in [9.17, 15) is 14.7 Å². The maximum Gasteiger partial charge on any atom is 0.320 e. The minimum absolute atomic E-state index is 0.0597. The first-order chi connectivity index (χ1) is 10.0. The summed E-state index contributed by atoms with van der Waals surface area (Å²) < 4.78 is 0. The largest absolute Gasteiger partial charge is 0.481 e. The summed E-state index contributed by atoms with van der Waals surface area (Å²) in [5, 5.41) is 18.7. The molecule has 21 heavy (non-hydrogen) atoms. The Morgan fingerprint density at radius 3 is 2.38 bits per heavy atom. The Morgan fingerprint density at radius 1 is 1.10 bits per heavy atom. The molecular weight excluding hydrogens is 272 g/mol. The lowest BCUT2D eigenvalue weighted by Gasteiger charge is -2.42. The number of carboxylic acid groups (broad SMARTS) is 1. The normalized spacial score (nSPS) is 35.9. The molecule has 2 amide bonds. The van der Waals surface area contributed by atoms with E-state index in [-0.39, 0.29) is 36.6 Å². The number of urea groups is 1. The lowest BCUT2D eigenvalue weighted by atomic mass is 9.94. The van der Waals surface area contributed by atoms with Crippen LogP contribution in [-0.4, -0.2) is 63.3 Å². The third-order valence-corrected chi connectivity index (χ3v) is 5.18. The van der Waals surface area contributed by atoms with Gasteiger partial charge in [-0.05, 0) is 44.4 Å². The molecule has 3 fully saturated rings. The number of aliphatic hydroxyl groups excluding tert-OH is 1. The summed E-state index contributed by atoms with van der Waals surface area (Å²) in [4.78, 5) is 27.4. The van der Waals surface area contributed by atoms with Crippen LogP contribution in [0.2, 0.25) is 0 Å². The monoisotopic (exact) mass is 296 g/mol. The highest BCUT2D eigenvalue weighted by atomic mass is 16.4. The predicted octanol–water partition coefficient (Wildman–Crippen LogP) is 1.28. The van der Waals surface area contributed by atoms with E-state index >= 15 is 0 Å². The molecule has 0 aliphatic carbocycles. The van der Waals surface area contributed by atoms with Crippen LogP contribution in [0.4, 0.5) is 4.79 Å². The van der Waals surface area contributed by atoms with E-state index in [1.165, 1.54) is 0 Å². The fourth-order valence-electron chi connectivity index (χ4n) is 4.28. The van der Waals surface area contributed by atoms with Gasteiger partial charge in [0.25, 0.3) is 0 Å². The van der Waals surface area contributed by atoms with Crippen LogP contribution in [0.5, 0.6) is 0 Å². The van der Waals surface area contributed by atoms with E-state index in [2.05, 4.69) is 0 Å².